The standard InChI is InChI=1S/C20H28FN3O3/c1-16(25)22-10-4-2-3-5-19(26)23-11-13-24(14-12-23)20(27)15-17-6-8-18(21)9-7-17/h6-9H,2-5,10-15H2,1H3,(H,22,25). The van der Waals surface area contributed by atoms with E-state index in [2.05, 4.69) is 5.32 Å². The van der Waals surface area contributed by atoms with Crippen LogP contribution in [0.1, 0.15) is 38.2 Å². The molecule has 1 aromatic rings. The molecule has 1 aromatic carbocycles. The molecular formula is C20H28FN3O3. The van der Waals surface area contributed by atoms with Crippen LogP contribution in [0.25, 0.3) is 0 Å². The Hall–Kier alpha value is -2.44. The van der Waals surface area contributed by atoms with E-state index in [-0.39, 0.29) is 30.0 Å². The van der Waals surface area contributed by atoms with E-state index in [4.69, 9.17) is 0 Å². The number of nitrogens with one attached hydrogen (secondary N) is 1. The van der Waals surface area contributed by atoms with E-state index < -0.39 is 0 Å². The van der Waals surface area contributed by atoms with Crippen LogP contribution in [0.5, 0.6) is 0 Å². The van der Waals surface area contributed by atoms with Crippen molar-refractivity contribution in [1.82, 2.24) is 15.1 Å². The maximum absolute atomic E-state index is 12.9. The highest BCUT2D eigenvalue weighted by Crippen LogP contribution is 2.10. The van der Waals surface area contributed by atoms with Gasteiger partial charge >= 0.3 is 0 Å². The molecule has 1 heterocycles. The van der Waals surface area contributed by atoms with E-state index in [9.17, 15) is 18.8 Å². The summed E-state index contributed by atoms with van der Waals surface area (Å²) in [6.07, 6.45) is 3.34. The van der Waals surface area contributed by atoms with Crippen LogP contribution in [-0.2, 0) is 20.8 Å². The third kappa shape index (κ3) is 7.37. The number of carbonyl (C=O) groups excluding carboxylic acids is 3. The molecular weight excluding hydrogens is 349 g/mol. The van der Waals surface area contributed by atoms with Crippen LogP contribution in [0.2, 0.25) is 0 Å². The molecule has 6 nitrogen and oxygen atoms in total. The van der Waals surface area contributed by atoms with Gasteiger partial charge in [-0.3, -0.25) is 14.4 Å². The molecule has 148 valence electrons. The fraction of sp³-hybridized carbons (Fsp3) is 0.550. The van der Waals surface area contributed by atoms with Gasteiger partial charge in [0.1, 0.15) is 5.82 Å². The number of hydrogen-bond acceptors (Lipinski definition) is 3. The molecule has 0 spiro atoms. The molecule has 0 radical (unpaired) electrons. The van der Waals surface area contributed by atoms with Crippen molar-refractivity contribution in [2.24, 2.45) is 0 Å². The van der Waals surface area contributed by atoms with Crippen molar-refractivity contribution in [3.05, 3.63) is 35.6 Å². The number of amides is 3. The molecule has 0 atom stereocenters. The van der Waals surface area contributed by atoms with Crippen molar-refractivity contribution in [3.63, 3.8) is 0 Å². The van der Waals surface area contributed by atoms with Crippen LogP contribution in [0.15, 0.2) is 24.3 Å². The van der Waals surface area contributed by atoms with E-state index in [1.807, 2.05) is 4.90 Å². The number of piperazine rings is 1. The first-order valence-electron chi connectivity index (χ1n) is 9.50. The smallest absolute Gasteiger partial charge is 0.227 e. The highest BCUT2D eigenvalue weighted by atomic mass is 19.1. The van der Waals surface area contributed by atoms with Crippen molar-refractivity contribution in [1.29, 1.82) is 0 Å². The van der Waals surface area contributed by atoms with Crippen LogP contribution in [0.3, 0.4) is 0 Å². The minimum atomic E-state index is -0.312. The molecule has 3 amide bonds. The zero-order valence-corrected chi connectivity index (χ0v) is 15.9. The van der Waals surface area contributed by atoms with E-state index in [0.29, 0.717) is 39.1 Å². The second-order valence-electron chi connectivity index (χ2n) is 6.86. The average Bonchev–Trinajstić information content (AvgIpc) is 2.66. The first kappa shape index (κ1) is 20.9. The van der Waals surface area contributed by atoms with Crippen LogP contribution in [-0.4, -0.2) is 60.2 Å². The minimum absolute atomic E-state index is 0.00618. The van der Waals surface area contributed by atoms with Crippen LogP contribution < -0.4 is 5.32 Å². The Kier molecular flexibility index (Phi) is 8.23. The van der Waals surface area contributed by atoms with Gasteiger partial charge in [-0.05, 0) is 30.5 Å². The number of hydrogen-bond donors (Lipinski definition) is 1. The van der Waals surface area contributed by atoms with Crippen LogP contribution in [0, 0.1) is 5.82 Å². The molecule has 0 bridgehead atoms. The zero-order valence-electron chi connectivity index (χ0n) is 15.9. The summed E-state index contributed by atoms with van der Waals surface area (Å²) in [7, 11) is 0. The van der Waals surface area contributed by atoms with Gasteiger partial charge in [-0.15, -0.1) is 0 Å². The summed E-state index contributed by atoms with van der Waals surface area (Å²) < 4.78 is 12.9. The first-order chi connectivity index (χ1) is 13.0. The molecule has 1 aliphatic heterocycles. The van der Waals surface area contributed by atoms with Gasteiger partial charge in [0.15, 0.2) is 0 Å². The number of unbranched alkanes of at least 4 members (excludes halogenated alkanes) is 2. The maximum atomic E-state index is 12.9. The number of carbonyl (C=O) groups is 3. The van der Waals surface area contributed by atoms with Crippen molar-refractivity contribution < 1.29 is 18.8 Å². The van der Waals surface area contributed by atoms with E-state index in [1.54, 1.807) is 17.0 Å². The van der Waals surface area contributed by atoms with Crippen molar-refractivity contribution in [2.75, 3.05) is 32.7 Å². The monoisotopic (exact) mass is 377 g/mol. The molecule has 27 heavy (non-hydrogen) atoms. The molecule has 1 fully saturated rings. The fourth-order valence-electron chi connectivity index (χ4n) is 3.09. The molecule has 7 heteroatoms. The van der Waals surface area contributed by atoms with E-state index >= 15 is 0 Å². The fourth-order valence-corrected chi connectivity index (χ4v) is 3.09. The minimum Gasteiger partial charge on any atom is -0.356 e. The van der Waals surface area contributed by atoms with E-state index in [1.165, 1.54) is 19.1 Å². The highest BCUT2D eigenvalue weighted by Gasteiger charge is 2.23. The predicted molar refractivity (Wildman–Crippen MR) is 100 cm³/mol. The van der Waals surface area contributed by atoms with Crippen LogP contribution >= 0.6 is 0 Å². The summed E-state index contributed by atoms with van der Waals surface area (Å²) in [6, 6.07) is 5.96. The van der Waals surface area contributed by atoms with Gasteiger partial charge < -0.3 is 15.1 Å². The molecule has 0 saturated carbocycles. The first-order valence-corrected chi connectivity index (χ1v) is 9.50. The van der Waals surface area contributed by atoms with Gasteiger partial charge in [0.2, 0.25) is 17.7 Å². The molecule has 1 saturated heterocycles. The normalized spacial score (nSPS) is 14.1. The van der Waals surface area contributed by atoms with Gasteiger partial charge in [-0.2, -0.15) is 0 Å². The lowest BCUT2D eigenvalue weighted by Crippen LogP contribution is -2.50. The van der Waals surface area contributed by atoms with E-state index in [0.717, 1.165) is 24.8 Å². The summed E-state index contributed by atoms with van der Waals surface area (Å²) in [5.41, 5.74) is 0.791. The predicted octanol–water partition coefficient (Wildman–Crippen LogP) is 1.74. The molecule has 1 N–H and O–H groups in total. The molecule has 1 aliphatic rings. The van der Waals surface area contributed by atoms with Gasteiger partial charge in [0, 0.05) is 46.1 Å². The summed E-state index contributed by atoms with van der Waals surface area (Å²) in [5, 5.41) is 2.74. The Labute approximate surface area is 159 Å². The summed E-state index contributed by atoms with van der Waals surface area (Å²) in [6.45, 7) is 4.33. The average molecular weight is 377 g/mol. The summed E-state index contributed by atoms with van der Waals surface area (Å²) in [5.74, 6) is -0.210. The number of benzene rings is 1. The number of rotatable bonds is 8. The Balaban J connectivity index is 1.63. The Morgan fingerprint density at radius 1 is 0.926 bits per heavy atom. The lowest BCUT2D eigenvalue weighted by molar-refractivity contribution is -0.139. The van der Waals surface area contributed by atoms with Crippen molar-refractivity contribution in [2.45, 2.75) is 39.0 Å². The number of halogens is 1. The van der Waals surface area contributed by atoms with Gasteiger partial charge in [0.05, 0.1) is 6.42 Å². The topological polar surface area (TPSA) is 69.7 Å². The third-order valence-electron chi connectivity index (χ3n) is 4.70. The zero-order chi connectivity index (χ0) is 19.6. The highest BCUT2D eigenvalue weighted by molar-refractivity contribution is 5.80. The lowest BCUT2D eigenvalue weighted by Gasteiger charge is -2.35. The second-order valence-corrected chi connectivity index (χ2v) is 6.86. The molecule has 0 unspecified atom stereocenters. The number of nitrogens with zero attached hydrogens (tertiary/aromatic N) is 2. The van der Waals surface area contributed by atoms with Gasteiger partial charge in [0.25, 0.3) is 0 Å². The maximum Gasteiger partial charge on any atom is 0.227 e. The molecule has 2 rings (SSSR count). The molecule has 0 aromatic heterocycles. The second kappa shape index (κ2) is 10.6. The van der Waals surface area contributed by atoms with Crippen molar-refractivity contribution in [3.8, 4) is 0 Å². The largest absolute Gasteiger partial charge is 0.356 e. The summed E-state index contributed by atoms with van der Waals surface area (Å²) >= 11 is 0. The van der Waals surface area contributed by atoms with Gasteiger partial charge in [-0.1, -0.05) is 18.6 Å². The van der Waals surface area contributed by atoms with Crippen molar-refractivity contribution >= 4 is 17.7 Å². The Morgan fingerprint density at radius 2 is 1.52 bits per heavy atom. The lowest BCUT2D eigenvalue weighted by atomic mass is 10.1. The van der Waals surface area contributed by atoms with Crippen LogP contribution in [0.4, 0.5) is 4.39 Å². The Bertz CT molecular complexity index is 640. The summed E-state index contributed by atoms with van der Waals surface area (Å²) in [4.78, 5) is 38.9. The Morgan fingerprint density at radius 3 is 2.11 bits per heavy atom. The third-order valence-corrected chi connectivity index (χ3v) is 4.70. The quantitative estimate of drug-likeness (QED) is 0.702. The SMILES string of the molecule is CC(=O)NCCCCCC(=O)N1CCN(C(=O)Cc2ccc(F)cc2)CC1. The van der Waals surface area contributed by atoms with Gasteiger partial charge in [-0.25, -0.2) is 4.39 Å². The molecule has 0 aliphatic carbocycles.